The summed E-state index contributed by atoms with van der Waals surface area (Å²) < 4.78 is 44.1. The zero-order chi connectivity index (χ0) is 34.2. The van der Waals surface area contributed by atoms with Crippen molar-refractivity contribution in [2.45, 2.75) is 26.6 Å². The van der Waals surface area contributed by atoms with Gasteiger partial charge in [0.15, 0.2) is 0 Å². The van der Waals surface area contributed by atoms with Gasteiger partial charge in [-0.05, 0) is 68.4 Å². The van der Waals surface area contributed by atoms with Gasteiger partial charge >= 0.3 is 6.18 Å². The van der Waals surface area contributed by atoms with E-state index in [1.807, 2.05) is 61.8 Å². The summed E-state index contributed by atoms with van der Waals surface area (Å²) in [4.78, 5) is 21.8. The Hall–Kier alpha value is -5.18. The van der Waals surface area contributed by atoms with Crippen molar-refractivity contribution in [3.8, 4) is 23.1 Å². The van der Waals surface area contributed by atoms with Crippen molar-refractivity contribution in [1.82, 2.24) is 24.6 Å². The molecule has 6 rings (SSSR count). The van der Waals surface area contributed by atoms with Gasteiger partial charge in [-0.2, -0.15) is 18.3 Å². The second kappa shape index (κ2) is 13.1. The second-order valence-electron chi connectivity index (χ2n) is 12.3. The van der Waals surface area contributed by atoms with Gasteiger partial charge in [0.1, 0.15) is 5.82 Å². The van der Waals surface area contributed by atoms with E-state index in [9.17, 15) is 18.0 Å². The fourth-order valence-corrected chi connectivity index (χ4v) is 5.93. The summed E-state index contributed by atoms with van der Waals surface area (Å²) in [6.45, 7) is 6.99. The zero-order valence-electron chi connectivity index (χ0n) is 27.2. The van der Waals surface area contributed by atoms with Gasteiger partial charge in [-0.1, -0.05) is 36.1 Å². The van der Waals surface area contributed by atoms with Crippen molar-refractivity contribution in [2.24, 2.45) is 7.05 Å². The monoisotopic (exact) mass is 651 g/mol. The molecule has 0 unspecified atom stereocenters. The molecule has 1 aliphatic heterocycles. The van der Waals surface area contributed by atoms with Gasteiger partial charge in [-0.15, -0.1) is 0 Å². The lowest BCUT2D eigenvalue weighted by Crippen LogP contribution is -2.44. The summed E-state index contributed by atoms with van der Waals surface area (Å²) in [7, 11) is 3.89. The van der Waals surface area contributed by atoms with Crippen LogP contribution in [-0.2, 0) is 19.8 Å². The number of alkyl halides is 3. The molecule has 1 aliphatic rings. The van der Waals surface area contributed by atoms with Crippen LogP contribution in [0.4, 0.5) is 24.7 Å². The number of amides is 1. The number of carbonyl (C=O) groups is 1. The van der Waals surface area contributed by atoms with Crippen LogP contribution in [0.25, 0.3) is 22.0 Å². The first-order valence-electron chi connectivity index (χ1n) is 15.6. The number of anilines is 2. The molecule has 246 valence electrons. The van der Waals surface area contributed by atoms with Crippen LogP contribution in [0.15, 0.2) is 66.9 Å². The molecule has 3 aromatic carbocycles. The maximum absolute atomic E-state index is 14.1. The molecule has 0 saturated carbocycles. The fourth-order valence-electron chi connectivity index (χ4n) is 5.93. The van der Waals surface area contributed by atoms with Gasteiger partial charge in [0.25, 0.3) is 5.91 Å². The van der Waals surface area contributed by atoms with Crippen LogP contribution >= 0.6 is 0 Å². The number of fused-ring (bicyclic) bond motifs is 1. The molecule has 0 atom stereocenters. The molecular formula is C37H36F3N7O. The van der Waals surface area contributed by atoms with E-state index >= 15 is 0 Å². The predicted octanol–water partition coefficient (Wildman–Crippen LogP) is 6.25. The standard InChI is InChI=1S/C37H36F3N7O/c1-23-5-6-27(36(48)43-30-11-9-29(33(20-30)37(38,39)40)22-47-15-13-45(3)14-16-47)18-25(23)10-12-31-32-19-26(34-17-24(2)44-46(34)4)7-8-28(32)21-42-35(31)41/h5-9,11,17-21H,13-16,22H2,1-4H3,(H2,41,42)(H,43,48). The number of aryl methyl sites for hydroxylation is 3. The number of likely N-dealkylation sites (N-methyl/N-ethyl adjacent to an activating group) is 1. The molecule has 1 amide bonds. The number of carbonyl (C=O) groups excluding carboxylic acids is 1. The fraction of sp³-hybridized carbons (Fsp3) is 0.270. The number of hydrogen-bond donors (Lipinski definition) is 2. The number of benzene rings is 3. The summed E-state index contributed by atoms with van der Waals surface area (Å²) in [5.74, 6) is 6.05. The third-order valence-corrected chi connectivity index (χ3v) is 8.70. The average molecular weight is 652 g/mol. The van der Waals surface area contributed by atoms with Gasteiger partial charge in [-0.25, -0.2) is 4.98 Å². The van der Waals surface area contributed by atoms with Gasteiger partial charge in [-0.3, -0.25) is 14.4 Å². The summed E-state index contributed by atoms with van der Waals surface area (Å²) in [6.07, 6.45) is -2.86. The minimum absolute atomic E-state index is 0.0664. The molecule has 5 aromatic rings. The Morgan fingerprint density at radius 1 is 0.958 bits per heavy atom. The molecule has 8 nitrogen and oxygen atoms in total. The third kappa shape index (κ3) is 7.05. The number of halogens is 3. The first-order chi connectivity index (χ1) is 22.9. The average Bonchev–Trinajstić information content (AvgIpc) is 3.39. The first kappa shape index (κ1) is 32.7. The molecule has 0 aliphatic carbocycles. The highest BCUT2D eigenvalue weighted by molar-refractivity contribution is 6.04. The Morgan fingerprint density at radius 3 is 2.44 bits per heavy atom. The Labute approximate surface area is 277 Å². The normalized spacial score (nSPS) is 14.1. The third-order valence-electron chi connectivity index (χ3n) is 8.70. The van der Waals surface area contributed by atoms with E-state index in [4.69, 9.17) is 5.73 Å². The highest BCUT2D eigenvalue weighted by Crippen LogP contribution is 2.35. The van der Waals surface area contributed by atoms with Crippen molar-refractivity contribution in [3.05, 3.63) is 106 Å². The quantitative estimate of drug-likeness (QED) is 0.218. The van der Waals surface area contributed by atoms with Gasteiger partial charge in [0.2, 0.25) is 0 Å². The molecule has 48 heavy (non-hydrogen) atoms. The van der Waals surface area contributed by atoms with Crippen LogP contribution in [0.2, 0.25) is 0 Å². The minimum Gasteiger partial charge on any atom is -0.383 e. The summed E-state index contributed by atoms with van der Waals surface area (Å²) in [5.41, 5.74) is 10.8. The molecular weight excluding hydrogens is 615 g/mol. The number of piperazine rings is 1. The molecule has 11 heteroatoms. The highest BCUT2D eigenvalue weighted by atomic mass is 19.4. The number of nitrogens with one attached hydrogen (secondary N) is 1. The van der Waals surface area contributed by atoms with E-state index in [-0.39, 0.29) is 29.2 Å². The largest absolute Gasteiger partial charge is 0.416 e. The Morgan fingerprint density at radius 2 is 1.73 bits per heavy atom. The summed E-state index contributed by atoms with van der Waals surface area (Å²) in [5, 5.41) is 8.79. The molecule has 0 radical (unpaired) electrons. The lowest BCUT2D eigenvalue weighted by atomic mass is 10.0. The Balaban J connectivity index is 1.26. The summed E-state index contributed by atoms with van der Waals surface area (Å²) >= 11 is 0. The van der Waals surface area contributed by atoms with Crippen molar-refractivity contribution in [2.75, 3.05) is 44.3 Å². The molecule has 1 saturated heterocycles. The maximum Gasteiger partial charge on any atom is 0.416 e. The van der Waals surface area contributed by atoms with Gasteiger partial charge in [0, 0.05) is 79.1 Å². The molecule has 2 aromatic heterocycles. The van der Waals surface area contributed by atoms with Crippen LogP contribution in [0.1, 0.15) is 43.9 Å². The van der Waals surface area contributed by atoms with E-state index in [2.05, 4.69) is 32.1 Å². The van der Waals surface area contributed by atoms with Crippen LogP contribution in [0, 0.1) is 25.7 Å². The molecule has 0 spiro atoms. The topological polar surface area (TPSA) is 92.3 Å². The number of rotatable bonds is 5. The number of nitrogen functional groups attached to an aromatic ring is 1. The van der Waals surface area contributed by atoms with Crippen molar-refractivity contribution < 1.29 is 18.0 Å². The highest BCUT2D eigenvalue weighted by Gasteiger charge is 2.34. The zero-order valence-corrected chi connectivity index (χ0v) is 27.2. The van der Waals surface area contributed by atoms with Crippen LogP contribution in [0.3, 0.4) is 0 Å². The minimum atomic E-state index is -4.56. The Kier molecular flexibility index (Phi) is 8.97. The van der Waals surface area contributed by atoms with Crippen molar-refractivity contribution in [3.63, 3.8) is 0 Å². The van der Waals surface area contributed by atoms with E-state index in [1.165, 1.54) is 12.1 Å². The Bertz CT molecular complexity index is 2080. The number of hydrogen-bond acceptors (Lipinski definition) is 6. The SMILES string of the molecule is Cc1cc(-c2ccc3cnc(N)c(C#Cc4cc(C(=O)Nc5ccc(CN6CCN(C)CC6)c(C(F)(F)F)c5)ccc4C)c3c2)n(C)n1. The van der Waals surface area contributed by atoms with E-state index < -0.39 is 17.6 Å². The van der Waals surface area contributed by atoms with Crippen LogP contribution in [0.5, 0.6) is 0 Å². The van der Waals surface area contributed by atoms with E-state index in [0.717, 1.165) is 52.4 Å². The molecule has 3 heterocycles. The smallest absolute Gasteiger partial charge is 0.383 e. The van der Waals surface area contributed by atoms with Gasteiger partial charge < -0.3 is 16.0 Å². The van der Waals surface area contributed by atoms with E-state index in [0.29, 0.717) is 24.2 Å². The number of nitrogens with zero attached hydrogens (tertiary/aromatic N) is 5. The lowest BCUT2D eigenvalue weighted by Gasteiger charge is -2.33. The predicted molar refractivity (Wildman–Crippen MR) is 182 cm³/mol. The van der Waals surface area contributed by atoms with E-state index in [1.54, 1.807) is 24.4 Å². The molecule has 0 bridgehead atoms. The maximum atomic E-state index is 14.1. The van der Waals surface area contributed by atoms with Crippen LogP contribution in [-0.4, -0.2) is 63.7 Å². The summed E-state index contributed by atoms with van der Waals surface area (Å²) in [6, 6.07) is 17.0. The lowest BCUT2D eigenvalue weighted by molar-refractivity contribution is -0.138. The number of nitrogens with two attached hydrogens (primary N) is 1. The van der Waals surface area contributed by atoms with Crippen molar-refractivity contribution >= 4 is 28.2 Å². The number of aromatic nitrogens is 3. The van der Waals surface area contributed by atoms with Crippen LogP contribution < -0.4 is 11.1 Å². The number of pyridine rings is 1. The first-order valence-corrected chi connectivity index (χ1v) is 15.6. The van der Waals surface area contributed by atoms with Gasteiger partial charge in [0.05, 0.1) is 22.5 Å². The van der Waals surface area contributed by atoms with Crippen molar-refractivity contribution in [1.29, 1.82) is 0 Å². The molecule has 3 N–H and O–H groups in total. The second-order valence-corrected chi connectivity index (χ2v) is 12.3. The molecule has 1 fully saturated rings.